The summed E-state index contributed by atoms with van der Waals surface area (Å²) < 4.78 is 12.0. The Hall–Kier alpha value is -0.620. The van der Waals surface area contributed by atoms with E-state index in [1.165, 1.54) is 5.56 Å². The summed E-state index contributed by atoms with van der Waals surface area (Å²) in [5, 5.41) is 13.5. The van der Waals surface area contributed by atoms with Crippen LogP contribution in [0.5, 0.6) is 5.75 Å². The van der Waals surface area contributed by atoms with Crippen LogP contribution in [0.3, 0.4) is 0 Å². The lowest BCUT2D eigenvalue weighted by Crippen LogP contribution is -2.40. The molecule has 5 heteroatoms. The minimum Gasteiger partial charge on any atom is -0.493 e. The lowest BCUT2D eigenvalue weighted by molar-refractivity contribution is 0.0268. The molecular formula is C14H18BrNO3. The molecule has 1 atom stereocenters. The van der Waals surface area contributed by atoms with Gasteiger partial charge in [-0.3, -0.25) is 0 Å². The molecule has 104 valence electrons. The summed E-state index contributed by atoms with van der Waals surface area (Å²) in [6.07, 6.45) is 1.67. The van der Waals surface area contributed by atoms with Gasteiger partial charge < -0.3 is 19.9 Å². The molecule has 1 fully saturated rings. The van der Waals surface area contributed by atoms with Crippen molar-refractivity contribution in [1.29, 1.82) is 0 Å². The Morgan fingerprint density at radius 3 is 3.05 bits per heavy atom. The summed E-state index contributed by atoms with van der Waals surface area (Å²) in [4.78, 5) is 0. The SMILES string of the molecule is OC1(CNCc2cc(Br)cc3c2OCC3)CCOC1. The van der Waals surface area contributed by atoms with Gasteiger partial charge in [-0.15, -0.1) is 0 Å². The van der Waals surface area contributed by atoms with Gasteiger partial charge >= 0.3 is 0 Å². The largest absolute Gasteiger partial charge is 0.493 e. The maximum Gasteiger partial charge on any atom is 0.127 e. The summed E-state index contributed by atoms with van der Waals surface area (Å²) in [7, 11) is 0. The van der Waals surface area contributed by atoms with Crippen LogP contribution in [-0.4, -0.2) is 37.1 Å². The van der Waals surface area contributed by atoms with Crippen molar-refractivity contribution in [2.45, 2.75) is 25.0 Å². The molecule has 3 rings (SSSR count). The molecule has 4 nitrogen and oxygen atoms in total. The van der Waals surface area contributed by atoms with Gasteiger partial charge in [-0.25, -0.2) is 0 Å². The number of hydrogen-bond donors (Lipinski definition) is 2. The molecule has 0 aliphatic carbocycles. The van der Waals surface area contributed by atoms with Crippen LogP contribution in [0.25, 0.3) is 0 Å². The number of halogens is 1. The number of nitrogens with one attached hydrogen (secondary N) is 1. The highest BCUT2D eigenvalue weighted by Crippen LogP contribution is 2.33. The molecule has 19 heavy (non-hydrogen) atoms. The first kappa shape index (κ1) is 13.4. The Balaban J connectivity index is 1.64. The maximum absolute atomic E-state index is 10.2. The standard InChI is InChI=1S/C14H18BrNO3/c15-12-5-10-1-3-19-13(10)11(6-12)7-16-8-14(17)2-4-18-9-14/h5-6,16-17H,1-4,7-9H2. The summed E-state index contributed by atoms with van der Waals surface area (Å²) in [5.74, 6) is 1.00. The average molecular weight is 328 g/mol. The Bertz CT molecular complexity index is 472. The topological polar surface area (TPSA) is 50.7 Å². The highest BCUT2D eigenvalue weighted by molar-refractivity contribution is 9.10. The van der Waals surface area contributed by atoms with Crippen LogP contribution in [-0.2, 0) is 17.7 Å². The molecule has 2 heterocycles. The van der Waals surface area contributed by atoms with Crippen molar-refractivity contribution in [3.63, 3.8) is 0 Å². The van der Waals surface area contributed by atoms with Gasteiger partial charge in [0.15, 0.2) is 0 Å². The van der Waals surface area contributed by atoms with E-state index in [0.717, 1.165) is 28.8 Å². The summed E-state index contributed by atoms with van der Waals surface area (Å²) in [5.41, 5.74) is 1.69. The smallest absolute Gasteiger partial charge is 0.127 e. The second kappa shape index (κ2) is 5.40. The molecule has 2 N–H and O–H groups in total. The first-order valence-electron chi connectivity index (χ1n) is 6.61. The van der Waals surface area contributed by atoms with Crippen molar-refractivity contribution in [3.05, 3.63) is 27.7 Å². The van der Waals surface area contributed by atoms with Gasteiger partial charge in [0, 0.05) is 42.6 Å². The Morgan fingerprint density at radius 1 is 1.37 bits per heavy atom. The number of hydrogen-bond acceptors (Lipinski definition) is 4. The van der Waals surface area contributed by atoms with Crippen LogP contribution in [0.4, 0.5) is 0 Å². The van der Waals surface area contributed by atoms with Gasteiger partial charge in [0.1, 0.15) is 11.4 Å². The third kappa shape index (κ3) is 2.94. The molecule has 0 bridgehead atoms. The fourth-order valence-corrected chi connectivity index (χ4v) is 3.20. The van der Waals surface area contributed by atoms with Crippen molar-refractivity contribution in [2.24, 2.45) is 0 Å². The van der Waals surface area contributed by atoms with Gasteiger partial charge in [0.2, 0.25) is 0 Å². The normalized spacial score (nSPS) is 25.4. The van der Waals surface area contributed by atoms with Gasteiger partial charge in [0.05, 0.1) is 13.2 Å². The minimum absolute atomic E-state index is 0.424. The molecule has 1 aromatic rings. The first-order chi connectivity index (χ1) is 9.16. The van der Waals surface area contributed by atoms with Crippen molar-refractivity contribution >= 4 is 15.9 Å². The quantitative estimate of drug-likeness (QED) is 0.882. The number of rotatable bonds is 4. The molecule has 2 aliphatic rings. The molecule has 0 saturated carbocycles. The fourth-order valence-electron chi connectivity index (χ4n) is 2.64. The summed E-state index contributed by atoms with van der Waals surface area (Å²) in [6.45, 7) is 3.08. The van der Waals surface area contributed by atoms with Crippen LogP contribution in [0.1, 0.15) is 17.5 Å². The van der Waals surface area contributed by atoms with Crippen molar-refractivity contribution < 1.29 is 14.6 Å². The van der Waals surface area contributed by atoms with Crippen LogP contribution in [0.2, 0.25) is 0 Å². The van der Waals surface area contributed by atoms with Gasteiger partial charge in [-0.05, 0) is 17.7 Å². The van der Waals surface area contributed by atoms with E-state index in [9.17, 15) is 5.11 Å². The van der Waals surface area contributed by atoms with Gasteiger partial charge in [-0.2, -0.15) is 0 Å². The Morgan fingerprint density at radius 2 is 2.26 bits per heavy atom. The van der Waals surface area contributed by atoms with Crippen molar-refractivity contribution in [1.82, 2.24) is 5.32 Å². The number of fused-ring (bicyclic) bond motifs is 1. The van der Waals surface area contributed by atoms with E-state index < -0.39 is 5.60 Å². The third-order valence-corrected chi connectivity index (χ3v) is 4.14. The molecule has 1 aromatic carbocycles. The highest BCUT2D eigenvalue weighted by Gasteiger charge is 2.31. The fraction of sp³-hybridized carbons (Fsp3) is 0.571. The van der Waals surface area contributed by atoms with Gasteiger partial charge in [-0.1, -0.05) is 15.9 Å². The molecule has 0 spiro atoms. The van der Waals surface area contributed by atoms with Gasteiger partial charge in [0.25, 0.3) is 0 Å². The highest BCUT2D eigenvalue weighted by atomic mass is 79.9. The molecule has 0 amide bonds. The molecule has 0 radical (unpaired) electrons. The predicted octanol–water partition coefficient (Wildman–Crippen LogP) is 1.62. The van der Waals surface area contributed by atoms with E-state index in [1.807, 2.05) is 0 Å². The van der Waals surface area contributed by atoms with Crippen molar-refractivity contribution in [2.75, 3.05) is 26.4 Å². The monoisotopic (exact) mass is 327 g/mol. The first-order valence-corrected chi connectivity index (χ1v) is 7.41. The zero-order chi connectivity index (χ0) is 13.3. The van der Waals surface area contributed by atoms with E-state index in [-0.39, 0.29) is 0 Å². The second-order valence-electron chi connectivity index (χ2n) is 5.28. The van der Waals surface area contributed by atoms with E-state index in [1.54, 1.807) is 0 Å². The lowest BCUT2D eigenvalue weighted by atomic mass is 10.0. The zero-order valence-electron chi connectivity index (χ0n) is 10.7. The molecule has 0 aromatic heterocycles. The van der Waals surface area contributed by atoms with Crippen LogP contribution < -0.4 is 10.1 Å². The Labute approximate surface area is 121 Å². The molecule has 2 aliphatic heterocycles. The van der Waals surface area contributed by atoms with Crippen LogP contribution in [0, 0.1) is 0 Å². The van der Waals surface area contributed by atoms with E-state index in [0.29, 0.717) is 32.7 Å². The lowest BCUT2D eigenvalue weighted by Gasteiger charge is -2.21. The van der Waals surface area contributed by atoms with E-state index in [2.05, 4.69) is 33.4 Å². The molecule has 1 unspecified atom stereocenters. The van der Waals surface area contributed by atoms with E-state index in [4.69, 9.17) is 9.47 Å². The van der Waals surface area contributed by atoms with Crippen LogP contribution in [0.15, 0.2) is 16.6 Å². The zero-order valence-corrected chi connectivity index (χ0v) is 12.3. The second-order valence-corrected chi connectivity index (χ2v) is 6.20. The third-order valence-electron chi connectivity index (χ3n) is 3.68. The predicted molar refractivity (Wildman–Crippen MR) is 75.4 cm³/mol. The Kier molecular flexibility index (Phi) is 3.80. The average Bonchev–Trinajstić information content (AvgIpc) is 2.98. The number of benzene rings is 1. The maximum atomic E-state index is 10.2. The summed E-state index contributed by atoms with van der Waals surface area (Å²) >= 11 is 3.53. The molecule has 1 saturated heterocycles. The minimum atomic E-state index is -0.712. The number of ether oxygens (including phenoxy) is 2. The van der Waals surface area contributed by atoms with Crippen LogP contribution >= 0.6 is 15.9 Å². The molecular weight excluding hydrogens is 310 g/mol. The number of aliphatic hydroxyl groups is 1. The van der Waals surface area contributed by atoms with Crippen molar-refractivity contribution in [3.8, 4) is 5.75 Å². The summed E-state index contributed by atoms with van der Waals surface area (Å²) in [6, 6.07) is 4.19. The van der Waals surface area contributed by atoms with E-state index >= 15 is 0 Å².